The zero-order valence-corrected chi connectivity index (χ0v) is 6.31. The quantitative estimate of drug-likeness (QED) is 0.576. The topological polar surface area (TPSA) is 0 Å². The Hall–Kier alpha value is -0.850. The van der Waals surface area contributed by atoms with Crippen molar-refractivity contribution in [1.82, 2.24) is 0 Å². The van der Waals surface area contributed by atoms with Crippen LogP contribution in [0.25, 0.3) is 0 Å². The monoisotopic (exact) mass is 149 g/mol. The van der Waals surface area contributed by atoms with Gasteiger partial charge >= 0.3 is 0 Å². The lowest BCUT2D eigenvalue weighted by molar-refractivity contribution is 0.610. The van der Waals surface area contributed by atoms with Crippen LogP contribution >= 0.6 is 0 Å². The molecule has 1 aromatic rings. The molecule has 0 unspecified atom stereocenters. The van der Waals surface area contributed by atoms with E-state index in [1.807, 2.05) is 6.07 Å². The van der Waals surface area contributed by atoms with E-state index in [0.717, 1.165) is 24.0 Å². The van der Waals surface area contributed by atoms with Gasteiger partial charge in [0.1, 0.15) is 5.82 Å². The van der Waals surface area contributed by atoms with Crippen molar-refractivity contribution in [3.8, 4) is 0 Å². The fourth-order valence-electron chi connectivity index (χ4n) is 1.41. The second-order valence-corrected chi connectivity index (χ2v) is 3.09. The minimum atomic E-state index is -0.0833. The second kappa shape index (κ2) is 2.33. The molecule has 0 atom stereocenters. The summed E-state index contributed by atoms with van der Waals surface area (Å²) in [5.74, 6) is 0.378. The standard InChI is InChI=1S/C10H10F/c1-7-3-2-4-9(11)10(7)8-5-6-8/h2-4,8H,1,5-6H2. The first-order valence-corrected chi connectivity index (χ1v) is 3.89. The summed E-state index contributed by atoms with van der Waals surface area (Å²) in [4.78, 5) is 0. The van der Waals surface area contributed by atoms with E-state index in [1.54, 1.807) is 6.07 Å². The first-order chi connectivity index (χ1) is 5.29. The fourth-order valence-corrected chi connectivity index (χ4v) is 1.41. The Labute approximate surface area is 66.1 Å². The Morgan fingerprint density at radius 3 is 2.64 bits per heavy atom. The number of hydrogen-bond donors (Lipinski definition) is 0. The van der Waals surface area contributed by atoms with E-state index in [9.17, 15) is 4.39 Å². The van der Waals surface area contributed by atoms with Crippen LogP contribution in [0.15, 0.2) is 18.2 Å². The third-order valence-electron chi connectivity index (χ3n) is 2.13. The van der Waals surface area contributed by atoms with Gasteiger partial charge in [0.25, 0.3) is 0 Å². The normalized spacial score (nSPS) is 16.9. The highest BCUT2D eigenvalue weighted by Crippen LogP contribution is 2.42. The van der Waals surface area contributed by atoms with Crippen LogP contribution in [0.5, 0.6) is 0 Å². The average Bonchev–Trinajstić information content (AvgIpc) is 2.70. The van der Waals surface area contributed by atoms with Crippen molar-refractivity contribution in [3.05, 3.63) is 42.1 Å². The maximum atomic E-state index is 13.1. The molecular weight excluding hydrogens is 139 g/mol. The van der Waals surface area contributed by atoms with Crippen molar-refractivity contribution >= 4 is 0 Å². The molecule has 2 rings (SSSR count). The molecule has 11 heavy (non-hydrogen) atoms. The van der Waals surface area contributed by atoms with Gasteiger partial charge in [0.2, 0.25) is 0 Å². The third kappa shape index (κ3) is 1.15. The first-order valence-electron chi connectivity index (χ1n) is 3.89. The van der Waals surface area contributed by atoms with Crippen LogP contribution in [0.2, 0.25) is 0 Å². The van der Waals surface area contributed by atoms with Crippen LogP contribution in [0.3, 0.4) is 0 Å². The Morgan fingerprint density at radius 1 is 1.36 bits per heavy atom. The molecule has 0 amide bonds. The van der Waals surface area contributed by atoms with Crippen LogP contribution < -0.4 is 0 Å². The molecule has 0 nitrogen and oxygen atoms in total. The van der Waals surface area contributed by atoms with Gasteiger partial charge < -0.3 is 0 Å². The number of rotatable bonds is 1. The molecule has 1 heteroatoms. The maximum absolute atomic E-state index is 13.1. The van der Waals surface area contributed by atoms with E-state index in [2.05, 4.69) is 6.92 Å². The Balaban J connectivity index is 2.48. The van der Waals surface area contributed by atoms with Crippen LogP contribution in [-0.4, -0.2) is 0 Å². The van der Waals surface area contributed by atoms with E-state index in [0.29, 0.717) is 5.92 Å². The van der Waals surface area contributed by atoms with E-state index < -0.39 is 0 Å². The second-order valence-electron chi connectivity index (χ2n) is 3.09. The van der Waals surface area contributed by atoms with Gasteiger partial charge in [-0.05, 0) is 42.9 Å². The summed E-state index contributed by atoms with van der Waals surface area (Å²) in [6, 6.07) is 5.10. The molecule has 1 saturated carbocycles. The molecular formula is C10H10F. The highest BCUT2D eigenvalue weighted by molar-refractivity contribution is 5.36. The molecule has 0 spiro atoms. The molecule has 0 aromatic heterocycles. The lowest BCUT2D eigenvalue weighted by atomic mass is 10.0. The average molecular weight is 149 g/mol. The predicted molar refractivity (Wildman–Crippen MR) is 42.8 cm³/mol. The van der Waals surface area contributed by atoms with Crippen molar-refractivity contribution in [2.24, 2.45) is 0 Å². The molecule has 1 aliphatic rings. The molecule has 1 aromatic carbocycles. The van der Waals surface area contributed by atoms with Gasteiger partial charge in [-0.3, -0.25) is 0 Å². The van der Waals surface area contributed by atoms with Crippen molar-refractivity contribution in [3.63, 3.8) is 0 Å². The van der Waals surface area contributed by atoms with Gasteiger partial charge in [-0.25, -0.2) is 4.39 Å². The van der Waals surface area contributed by atoms with Gasteiger partial charge in [-0.15, -0.1) is 0 Å². The van der Waals surface area contributed by atoms with Gasteiger partial charge in [0, 0.05) is 0 Å². The molecule has 57 valence electrons. The lowest BCUT2D eigenvalue weighted by Gasteiger charge is -2.03. The number of benzene rings is 1. The minimum Gasteiger partial charge on any atom is -0.207 e. The lowest BCUT2D eigenvalue weighted by Crippen LogP contribution is -1.90. The Morgan fingerprint density at radius 2 is 2.09 bits per heavy atom. The highest BCUT2D eigenvalue weighted by atomic mass is 19.1. The summed E-state index contributed by atoms with van der Waals surface area (Å²) in [6.07, 6.45) is 2.26. The number of halogens is 1. The van der Waals surface area contributed by atoms with Gasteiger partial charge in [0.15, 0.2) is 0 Å². The Kier molecular flexibility index (Phi) is 1.45. The van der Waals surface area contributed by atoms with Crippen LogP contribution in [-0.2, 0) is 0 Å². The molecule has 0 N–H and O–H groups in total. The van der Waals surface area contributed by atoms with E-state index in [1.165, 1.54) is 6.07 Å². The Bertz CT molecular complexity index is 254. The summed E-state index contributed by atoms with van der Waals surface area (Å²) in [7, 11) is 0. The fraction of sp³-hybridized carbons (Fsp3) is 0.300. The van der Waals surface area contributed by atoms with Crippen molar-refractivity contribution in [1.29, 1.82) is 0 Å². The highest BCUT2D eigenvalue weighted by Gasteiger charge is 2.27. The van der Waals surface area contributed by atoms with Crippen molar-refractivity contribution in [2.45, 2.75) is 18.8 Å². The van der Waals surface area contributed by atoms with Crippen LogP contribution in [0.1, 0.15) is 29.9 Å². The molecule has 0 aliphatic heterocycles. The molecule has 1 radical (unpaired) electrons. The first kappa shape index (κ1) is 6.84. The smallest absolute Gasteiger partial charge is 0.126 e. The summed E-state index contributed by atoms with van der Waals surface area (Å²) < 4.78 is 13.1. The summed E-state index contributed by atoms with van der Waals surface area (Å²) in [5.41, 5.74) is 1.69. The van der Waals surface area contributed by atoms with Crippen molar-refractivity contribution < 1.29 is 4.39 Å². The van der Waals surface area contributed by atoms with Crippen molar-refractivity contribution in [2.75, 3.05) is 0 Å². The van der Waals surface area contributed by atoms with Gasteiger partial charge in [0.05, 0.1) is 0 Å². The predicted octanol–water partition coefficient (Wildman–Crippen LogP) is 2.89. The maximum Gasteiger partial charge on any atom is 0.126 e. The van der Waals surface area contributed by atoms with E-state index in [-0.39, 0.29) is 5.82 Å². The molecule has 1 fully saturated rings. The molecule has 0 heterocycles. The van der Waals surface area contributed by atoms with Gasteiger partial charge in [-0.2, -0.15) is 0 Å². The zero-order chi connectivity index (χ0) is 7.84. The molecule has 0 bridgehead atoms. The molecule has 0 saturated heterocycles. The van der Waals surface area contributed by atoms with Crippen LogP contribution in [0, 0.1) is 12.7 Å². The largest absolute Gasteiger partial charge is 0.207 e. The molecule has 1 aliphatic carbocycles. The zero-order valence-electron chi connectivity index (χ0n) is 6.31. The van der Waals surface area contributed by atoms with E-state index >= 15 is 0 Å². The van der Waals surface area contributed by atoms with E-state index in [4.69, 9.17) is 0 Å². The third-order valence-corrected chi connectivity index (χ3v) is 2.13. The minimum absolute atomic E-state index is 0.0833. The van der Waals surface area contributed by atoms with Crippen LogP contribution in [0.4, 0.5) is 4.39 Å². The SMILES string of the molecule is [CH2]c1cccc(F)c1C1CC1. The number of hydrogen-bond acceptors (Lipinski definition) is 0. The summed E-state index contributed by atoms with van der Waals surface area (Å²) in [6.45, 7) is 3.80. The van der Waals surface area contributed by atoms with Gasteiger partial charge in [-0.1, -0.05) is 12.1 Å². The summed E-state index contributed by atoms with van der Waals surface area (Å²) in [5, 5.41) is 0. The summed E-state index contributed by atoms with van der Waals surface area (Å²) >= 11 is 0.